The van der Waals surface area contributed by atoms with Gasteiger partial charge in [0.25, 0.3) is 0 Å². The van der Waals surface area contributed by atoms with Gasteiger partial charge in [0.2, 0.25) is 17.6 Å². The predicted octanol–water partition coefficient (Wildman–Crippen LogP) is 1.40. The Labute approximate surface area is 159 Å². The zero-order chi connectivity index (χ0) is 20.4. The fourth-order valence-corrected chi connectivity index (χ4v) is 2.70. The standard InChI is InChI=1S/C20H28N2O5/c1-13(2)17(12-18(24)20(26)27-4)22-19(25)11-16(21-14(3)23)10-15-8-6-5-7-9-15/h5-9,13,16-17H,10-12H2,1-4H3,(H,21,23)(H,22,25)/t16-,17+/m1/s1. The summed E-state index contributed by atoms with van der Waals surface area (Å²) in [6.45, 7) is 5.11. The van der Waals surface area contributed by atoms with Crippen molar-refractivity contribution < 1.29 is 23.9 Å². The highest BCUT2D eigenvalue weighted by Crippen LogP contribution is 2.10. The quantitative estimate of drug-likeness (QED) is 0.475. The number of carbonyl (C=O) groups is 4. The van der Waals surface area contributed by atoms with Crippen molar-refractivity contribution in [1.29, 1.82) is 0 Å². The smallest absolute Gasteiger partial charge is 0.374 e. The number of hydrogen-bond donors (Lipinski definition) is 2. The maximum absolute atomic E-state index is 12.5. The molecule has 0 aromatic heterocycles. The van der Waals surface area contributed by atoms with Gasteiger partial charge in [0.1, 0.15) is 0 Å². The molecule has 27 heavy (non-hydrogen) atoms. The first-order valence-corrected chi connectivity index (χ1v) is 8.94. The normalized spacial score (nSPS) is 12.8. The van der Waals surface area contributed by atoms with E-state index in [1.807, 2.05) is 44.2 Å². The molecule has 1 aromatic rings. The number of nitrogens with one attached hydrogen (secondary N) is 2. The second-order valence-electron chi connectivity index (χ2n) is 6.83. The average molecular weight is 376 g/mol. The molecular weight excluding hydrogens is 348 g/mol. The molecule has 2 amide bonds. The molecule has 0 saturated heterocycles. The molecule has 0 aliphatic heterocycles. The SMILES string of the molecule is COC(=O)C(=O)C[C@H](NC(=O)C[C@@H](Cc1ccccc1)NC(C)=O)C(C)C. The number of hydrogen-bond acceptors (Lipinski definition) is 5. The number of methoxy groups -OCH3 is 1. The summed E-state index contributed by atoms with van der Waals surface area (Å²) in [6, 6.07) is 8.70. The summed E-state index contributed by atoms with van der Waals surface area (Å²) in [5.41, 5.74) is 1.00. The summed E-state index contributed by atoms with van der Waals surface area (Å²) in [6.07, 6.45) is 0.463. The molecule has 1 rings (SSSR count). The zero-order valence-corrected chi connectivity index (χ0v) is 16.3. The number of carbonyl (C=O) groups excluding carboxylic acids is 4. The van der Waals surface area contributed by atoms with E-state index in [1.54, 1.807) is 0 Å². The highest BCUT2D eigenvalue weighted by atomic mass is 16.5. The molecular formula is C20H28N2O5. The van der Waals surface area contributed by atoms with Crippen LogP contribution in [0.25, 0.3) is 0 Å². The highest BCUT2D eigenvalue weighted by molar-refractivity contribution is 6.33. The first-order chi connectivity index (χ1) is 12.7. The highest BCUT2D eigenvalue weighted by Gasteiger charge is 2.25. The summed E-state index contributed by atoms with van der Waals surface area (Å²) >= 11 is 0. The van der Waals surface area contributed by atoms with Gasteiger partial charge in [-0.05, 0) is 17.9 Å². The average Bonchev–Trinajstić information content (AvgIpc) is 2.60. The molecule has 0 saturated carbocycles. The molecule has 0 aliphatic carbocycles. The molecule has 0 unspecified atom stereocenters. The first-order valence-electron chi connectivity index (χ1n) is 8.94. The maximum atomic E-state index is 12.5. The van der Waals surface area contributed by atoms with Crippen LogP contribution in [0.2, 0.25) is 0 Å². The minimum Gasteiger partial charge on any atom is -0.463 e. The van der Waals surface area contributed by atoms with Crippen LogP contribution in [0.3, 0.4) is 0 Å². The van der Waals surface area contributed by atoms with E-state index in [9.17, 15) is 19.2 Å². The summed E-state index contributed by atoms with van der Waals surface area (Å²) < 4.78 is 4.42. The lowest BCUT2D eigenvalue weighted by atomic mass is 9.97. The molecule has 0 aliphatic rings. The van der Waals surface area contributed by atoms with Crippen molar-refractivity contribution in [1.82, 2.24) is 10.6 Å². The fourth-order valence-electron chi connectivity index (χ4n) is 2.70. The van der Waals surface area contributed by atoms with Gasteiger partial charge in [0.05, 0.1) is 7.11 Å². The van der Waals surface area contributed by atoms with Gasteiger partial charge in [-0.3, -0.25) is 14.4 Å². The number of rotatable bonds is 10. The molecule has 0 spiro atoms. The number of benzene rings is 1. The van der Waals surface area contributed by atoms with Crippen LogP contribution >= 0.6 is 0 Å². The van der Waals surface area contributed by atoms with Crippen LogP contribution < -0.4 is 10.6 Å². The first kappa shape index (κ1) is 22.3. The van der Waals surface area contributed by atoms with Crippen molar-refractivity contribution >= 4 is 23.6 Å². The molecule has 7 nitrogen and oxygen atoms in total. The molecule has 0 fully saturated rings. The second kappa shape index (κ2) is 11.1. The maximum Gasteiger partial charge on any atom is 0.374 e. The lowest BCUT2D eigenvalue weighted by Gasteiger charge is -2.23. The minimum atomic E-state index is -0.921. The summed E-state index contributed by atoms with van der Waals surface area (Å²) in [4.78, 5) is 47.1. The van der Waals surface area contributed by atoms with E-state index >= 15 is 0 Å². The molecule has 0 radical (unpaired) electrons. The van der Waals surface area contributed by atoms with E-state index in [-0.39, 0.29) is 36.6 Å². The molecule has 1 aromatic carbocycles. The zero-order valence-electron chi connectivity index (χ0n) is 16.3. The summed E-state index contributed by atoms with van der Waals surface area (Å²) in [5.74, 6) is -2.16. The largest absolute Gasteiger partial charge is 0.463 e. The number of esters is 1. The number of Topliss-reactive ketones (excluding diaryl/α,β-unsaturated/α-hetero) is 1. The Hall–Kier alpha value is -2.70. The molecule has 2 N–H and O–H groups in total. The van der Waals surface area contributed by atoms with Crippen molar-refractivity contribution in [2.24, 2.45) is 5.92 Å². The lowest BCUT2D eigenvalue weighted by molar-refractivity contribution is -0.152. The topological polar surface area (TPSA) is 102 Å². The van der Waals surface area contributed by atoms with Crippen molar-refractivity contribution in [3.63, 3.8) is 0 Å². The van der Waals surface area contributed by atoms with Crippen LogP contribution in [0, 0.1) is 5.92 Å². The Balaban J connectivity index is 2.73. The lowest BCUT2D eigenvalue weighted by Crippen LogP contribution is -2.45. The van der Waals surface area contributed by atoms with Gasteiger partial charge in [-0.1, -0.05) is 44.2 Å². The molecule has 0 bridgehead atoms. The van der Waals surface area contributed by atoms with Crippen LogP contribution in [0.15, 0.2) is 30.3 Å². The number of ether oxygens (including phenoxy) is 1. The van der Waals surface area contributed by atoms with E-state index in [4.69, 9.17) is 0 Å². The van der Waals surface area contributed by atoms with E-state index < -0.39 is 17.8 Å². The minimum absolute atomic E-state index is 0.0455. The van der Waals surface area contributed by atoms with E-state index in [0.29, 0.717) is 6.42 Å². The molecule has 0 heterocycles. The van der Waals surface area contributed by atoms with E-state index in [2.05, 4.69) is 15.4 Å². The van der Waals surface area contributed by atoms with Crippen molar-refractivity contribution in [2.45, 2.75) is 52.1 Å². The fraction of sp³-hybridized carbons (Fsp3) is 0.500. The van der Waals surface area contributed by atoms with Crippen LogP contribution in [0.4, 0.5) is 0 Å². The number of amides is 2. The van der Waals surface area contributed by atoms with Crippen LogP contribution in [0.1, 0.15) is 39.2 Å². The number of ketones is 1. The Kier molecular flexibility index (Phi) is 9.19. The van der Waals surface area contributed by atoms with Gasteiger partial charge in [0.15, 0.2) is 0 Å². The van der Waals surface area contributed by atoms with Crippen LogP contribution in [0.5, 0.6) is 0 Å². The predicted molar refractivity (Wildman–Crippen MR) is 101 cm³/mol. The third-order valence-corrected chi connectivity index (χ3v) is 4.13. The molecule has 2 atom stereocenters. The van der Waals surface area contributed by atoms with Gasteiger partial charge in [-0.2, -0.15) is 0 Å². The van der Waals surface area contributed by atoms with Gasteiger partial charge in [-0.25, -0.2) is 4.79 Å². The van der Waals surface area contributed by atoms with Gasteiger partial charge < -0.3 is 15.4 Å². The van der Waals surface area contributed by atoms with Crippen LogP contribution in [-0.2, 0) is 30.3 Å². The second-order valence-corrected chi connectivity index (χ2v) is 6.83. The Morgan fingerprint density at radius 1 is 1.00 bits per heavy atom. The van der Waals surface area contributed by atoms with Gasteiger partial charge >= 0.3 is 5.97 Å². The summed E-state index contributed by atoms with van der Waals surface area (Å²) in [7, 11) is 1.14. The molecule has 148 valence electrons. The summed E-state index contributed by atoms with van der Waals surface area (Å²) in [5, 5.41) is 5.59. The van der Waals surface area contributed by atoms with Gasteiger partial charge in [-0.15, -0.1) is 0 Å². The van der Waals surface area contributed by atoms with Crippen molar-refractivity contribution in [3.05, 3.63) is 35.9 Å². The Morgan fingerprint density at radius 3 is 2.15 bits per heavy atom. The third kappa shape index (κ3) is 8.48. The van der Waals surface area contributed by atoms with E-state index in [1.165, 1.54) is 6.92 Å². The van der Waals surface area contributed by atoms with Crippen molar-refractivity contribution in [3.8, 4) is 0 Å². The van der Waals surface area contributed by atoms with Crippen LogP contribution in [-0.4, -0.2) is 42.8 Å². The van der Waals surface area contributed by atoms with Gasteiger partial charge in [0, 0.05) is 31.8 Å². The third-order valence-electron chi connectivity index (χ3n) is 4.13. The Morgan fingerprint density at radius 2 is 1.63 bits per heavy atom. The van der Waals surface area contributed by atoms with Crippen molar-refractivity contribution in [2.75, 3.05) is 7.11 Å². The Bertz CT molecular complexity index is 658. The molecule has 7 heteroatoms. The monoisotopic (exact) mass is 376 g/mol. The van der Waals surface area contributed by atoms with E-state index in [0.717, 1.165) is 12.7 Å².